The molecule has 0 unspecified atom stereocenters. The van der Waals surface area contributed by atoms with Crippen molar-refractivity contribution in [2.45, 2.75) is 91.0 Å². The van der Waals surface area contributed by atoms with Gasteiger partial charge in [-0.05, 0) is 6.42 Å². The summed E-state index contributed by atoms with van der Waals surface area (Å²) in [5.41, 5.74) is 6.94. The molecule has 0 radical (unpaired) electrons. The van der Waals surface area contributed by atoms with Gasteiger partial charge in [-0.3, -0.25) is 0 Å². The van der Waals surface area contributed by atoms with Gasteiger partial charge in [-0.15, -0.1) is 0 Å². The Morgan fingerprint density at radius 2 is 1.50 bits per heavy atom. The number of nitrogens with two attached hydrogens (primary N) is 1. The number of nitrogens with zero attached hydrogens (tertiary/aromatic N) is 2. The number of rotatable bonds is 13. The highest BCUT2D eigenvalue weighted by atomic mass is 16.3. The van der Waals surface area contributed by atoms with Crippen molar-refractivity contribution in [2.24, 2.45) is 5.73 Å². The Morgan fingerprint density at radius 1 is 0.909 bits per heavy atom. The average molecular weight is 311 g/mol. The zero-order valence-electron chi connectivity index (χ0n) is 14.1. The summed E-state index contributed by atoms with van der Waals surface area (Å²) in [6, 6.07) is 0. The molecule has 1 aromatic rings. The molecule has 1 rings (SSSR count). The van der Waals surface area contributed by atoms with E-state index >= 15 is 0 Å². The van der Waals surface area contributed by atoms with Gasteiger partial charge < -0.3 is 20.5 Å². The number of aliphatic hydroxyl groups is 2. The van der Waals surface area contributed by atoms with E-state index in [2.05, 4.69) is 11.9 Å². The average Bonchev–Trinajstić information content (AvgIpc) is 2.90. The summed E-state index contributed by atoms with van der Waals surface area (Å²) in [7, 11) is 0. The van der Waals surface area contributed by atoms with Crippen molar-refractivity contribution < 1.29 is 10.2 Å². The molecule has 0 bridgehead atoms. The Labute approximate surface area is 134 Å². The molecule has 128 valence electrons. The van der Waals surface area contributed by atoms with E-state index in [0.29, 0.717) is 18.1 Å². The van der Waals surface area contributed by atoms with E-state index in [1.54, 1.807) is 0 Å². The van der Waals surface area contributed by atoms with Crippen LogP contribution in [-0.4, -0.2) is 19.8 Å². The van der Waals surface area contributed by atoms with Gasteiger partial charge in [0.15, 0.2) is 0 Å². The molecule has 0 fully saturated rings. The van der Waals surface area contributed by atoms with Gasteiger partial charge in [0.25, 0.3) is 0 Å². The lowest BCUT2D eigenvalue weighted by Crippen LogP contribution is -2.14. The van der Waals surface area contributed by atoms with Gasteiger partial charge in [-0.25, -0.2) is 4.98 Å². The monoisotopic (exact) mass is 311 g/mol. The van der Waals surface area contributed by atoms with Crippen molar-refractivity contribution in [3.05, 3.63) is 17.2 Å². The predicted molar refractivity (Wildman–Crippen MR) is 89.2 cm³/mol. The summed E-state index contributed by atoms with van der Waals surface area (Å²) < 4.78 is 1.83. The van der Waals surface area contributed by atoms with E-state index in [4.69, 9.17) is 5.73 Å². The molecule has 0 aliphatic heterocycles. The predicted octanol–water partition coefficient (Wildman–Crippen LogP) is 2.86. The SMILES string of the molecule is CCCCCCCCCCCc1nc(CO)c(CO)n1CN. The van der Waals surface area contributed by atoms with Gasteiger partial charge in [0.2, 0.25) is 0 Å². The summed E-state index contributed by atoms with van der Waals surface area (Å²) >= 11 is 0. The van der Waals surface area contributed by atoms with Gasteiger partial charge in [0, 0.05) is 6.42 Å². The molecule has 0 aromatic carbocycles. The van der Waals surface area contributed by atoms with E-state index < -0.39 is 0 Å². The second kappa shape index (κ2) is 11.6. The third-order valence-corrected chi connectivity index (χ3v) is 4.22. The molecule has 5 heteroatoms. The van der Waals surface area contributed by atoms with Crippen LogP contribution in [0.5, 0.6) is 0 Å². The summed E-state index contributed by atoms with van der Waals surface area (Å²) in [6.07, 6.45) is 12.5. The van der Waals surface area contributed by atoms with Gasteiger partial charge in [0.1, 0.15) is 5.82 Å². The maximum Gasteiger partial charge on any atom is 0.110 e. The molecular formula is C17H33N3O2. The molecule has 4 N–H and O–H groups in total. The molecular weight excluding hydrogens is 278 g/mol. The minimum absolute atomic E-state index is 0.127. The Kier molecular flexibility index (Phi) is 10.1. The quantitative estimate of drug-likeness (QED) is 0.489. The molecule has 0 atom stereocenters. The number of unbranched alkanes of at least 4 members (excludes halogenated alkanes) is 8. The number of hydrogen-bond donors (Lipinski definition) is 3. The van der Waals surface area contributed by atoms with Crippen LogP contribution in [0.3, 0.4) is 0 Å². The first kappa shape index (κ1) is 19.1. The zero-order chi connectivity index (χ0) is 16.2. The van der Waals surface area contributed by atoms with E-state index in [-0.39, 0.29) is 13.2 Å². The minimum atomic E-state index is -0.145. The molecule has 0 aliphatic rings. The highest BCUT2D eigenvalue weighted by molar-refractivity contribution is 5.16. The summed E-state index contributed by atoms with van der Waals surface area (Å²) in [4.78, 5) is 4.41. The molecule has 0 aliphatic carbocycles. The first-order valence-corrected chi connectivity index (χ1v) is 8.77. The minimum Gasteiger partial charge on any atom is -0.390 e. The van der Waals surface area contributed by atoms with E-state index in [1.165, 1.54) is 51.4 Å². The van der Waals surface area contributed by atoms with Gasteiger partial charge in [-0.2, -0.15) is 0 Å². The van der Waals surface area contributed by atoms with Gasteiger partial charge >= 0.3 is 0 Å². The number of aliphatic hydroxyl groups excluding tert-OH is 2. The van der Waals surface area contributed by atoms with Crippen LogP contribution in [0.2, 0.25) is 0 Å². The van der Waals surface area contributed by atoms with Crippen LogP contribution in [0.25, 0.3) is 0 Å². The fourth-order valence-electron chi connectivity index (χ4n) is 2.90. The molecule has 0 amide bonds. The van der Waals surface area contributed by atoms with E-state index in [9.17, 15) is 10.2 Å². The zero-order valence-corrected chi connectivity index (χ0v) is 14.1. The molecule has 0 saturated heterocycles. The van der Waals surface area contributed by atoms with Crippen LogP contribution in [-0.2, 0) is 26.3 Å². The maximum atomic E-state index is 9.38. The third-order valence-electron chi connectivity index (χ3n) is 4.22. The highest BCUT2D eigenvalue weighted by Crippen LogP contribution is 2.15. The van der Waals surface area contributed by atoms with Crippen LogP contribution in [0.1, 0.15) is 81.9 Å². The summed E-state index contributed by atoms with van der Waals surface area (Å²) in [5, 5.41) is 18.7. The molecule has 0 saturated carbocycles. The van der Waals surface area contributed by atoms with Gasteiger partial charge in [0.05, 0.1) is 31.3 Å². The second-order valence-corrected chi connectivity index (χ2v) is 5.93. The lowest BCUT2D eigenvalue weighted by atomic mass is 10.1. The molecule has 22 heavy (non-hydrogen) atoms. The number of imidazole rings is 1. The standard InChI is InChI=1S/C17H33N3O2/c1-2-3-4-5-6-7-8-9-10-11-17-19-15(12-21)16(13-22)20(17)14-18/h21-22H,2-14,18H2,1H3. The van der Waals surface area contributed by atoms with Crippen molar-refractivity contribution in [3.63, 3.8) is 0 Å². The summed E-state index contributed by atoms with van der Waals surface area (Å²) in [6.45, 7) is 2.27. The number of aryl methyl sites for hydroxylation is 1. The van der Waals surface area contributed by atoms with Crippen molar-refractivity contribution in [1.29, 1.82) is 0 Å². The van der Waals surface area contributed by atoms with Crippen molar-refractivity contribution in [3.8, 4) is 0 Å². The molecule has 1 heterocycles. The second-order valence-electron chi connectivity index (χ2n) is 5.93. The van der Waals surface area contributed by atoms with E-state index in [0.717, 1.165) is 18.7 Å². The molecule has 1 aromatic heterocycles. The Morgan fingerprint density at radius 3 is 2.00 bits per heavy atom. The van der Waals surface area contributed by atoms with Crippen LogP contribution in [0.15, 0.2) is 0 Å². The highest BCUT2D eigenvalue weighted by Gasteiger charge is 2.14. The van der Waals surface area contributed by atoms with Gasteiger partial charge in [-0.1, -0.05) is 58.3 Å². The lowest BCUT2D eigenvalue weighted by molar-refractivity contribution is 0.250. The first-order valence-electron chi connectivity index (χ1n) is 8.77. The molecule has 0 spiro atoms. The number of aromatic nitrogens is 2. The Bertz CT molecular complexity index is 405. The van der Waals surface area contributed by atoms with Crippen molar-refractivity contribution in [1.82, 2.24) is 9.55 Å². The third kappa shape index (κ3) is 6.07. The fourth-order valence-corrected chi connectivity index (χ4v) is 2.90. The van der Waals surface area contributed by atoms with E-state index in [1.807, 2.05) is 4.57 Å². The topological polar surface area (TPSA) is 84.3 Å². The summed E-state index contributed by atoms with van der Waals surface area (Å²) in [5.74, 6) is 0.888. The van der Waals surface area contributed by atoms with Crippen LogP contribution in [0, 0.1) is 0 Å². The molecule has 5 nitrogen and oxygen atoms in total. The Balaban J connectivity index is 2.26. The Hall–Kier alpha value is -0.910. The normalized spacial score (nSPS) is 11.3. The smallest absolute Gasteiger partial charge is 0.110 e. The lowest BCUT2D eigenvalue weighted by Gasteiger charge is -2.08. The van der Waals surface area contributed by atoms with Crippen LogP contribution in [0.4, 0.5) is 0 Å². The largest absolute Gasteiger partial charge is 0.390 e. The van der Waals surface area contributed by atoms with Crippen molar-refractivity contribution in [2.75, 3.05) is 0 Å². The maximum absolute atomic E-state index is 9.38. The van der Waals surface area contributed by atoms with Crippen LogP contribution < -0.4 is 5.73 Å². The number of hydrogen-bond acceptors (Lipinski definition) is 4. The van der Waals surface area contributed by atoms with Crippen molar-refractivity contribution >= 4 is 0 Å². The first-order chi connectivity index (χ1) is 10.8. The van der Waals surface area contributed by atoms with Crippen LogP contribution >= 0.6 is 0 Å². The fraction of sp³-hybridized carbons (Fsp3) is 0.824.